The van der Waals surface area contributed by atoms with Crippen LogP contribution in [0.4, 0.5) is 5.82 Å². The lowest BCUT2D eigenvalue weighted by molar-refractivity contribution is -0.0994. The Balaban J connectivity index is 1.56. The highest BCUT2D eigenvalue weighted by atomic mass is 32.2. The van der Waals surface area contributed by atoms with Crippen molar-refractivity contribution in [3.63, 3.8) is 0 Å². The summed E-state index contributed by atoms with van der Waals surface area (Å²) in [5.74, 6) is 0.510. The van der Waals surface area contributed by atoms with Crippen molar-refractivity contribution in [3.8, 4) is 0 Å². The van der Waals surface area contributed by atoms with Gasteiger partial charge in [-0.3, -0.25) is 4.57 Å². The van der Waals surface area contributed by atoms with Gasteiger partial charge >= 0.3 is 0 Å². The molecule has 4 atom stereocenters. The highest BCUT2D eigenvalue weighted by Gasteiger charge is 2.30. The van der Waals surface area contributed by atoms with Crippen LogP contribution in [0.1, 0.15) is 29.8 Å². The van der Waals surface area contributed by atoms with E-state index in [1.807, 2.05) is 16.9 Å². The topological polar surface area (TPSA) is 178 Å². The molecule has 6 N–H and O–H groups in total. The molecule has 0 unspecified atom stereocenters. The standard InChI is InChI=1S/C19H25N7O5S/c1-31-14(8-24-32(20,29)30)16(27)19(28)26-10-23-15-17(21-9-22-18(15)26)25-13-7-6-11-4-2-3-5-12(11)13/h2-5,9-10,13-14,16,19,24,27-28H,6-8H2,1H3,(H2,20,29,30)(H,21,22,25)/t13-,14-,16-,19-/m1/s1. The number of rotatable bonds is 9. The van der Waals surface area contributed by atoms with Crippen molar-refractivity contribution in [3.05, 3.63) is 48.0 Å². The first-order valence-electron chi connectivity index (χ1n) is 9.96. The van der Waals surface area contributed by atoms with Crippen molar-refractivity contribution >= 4 is 27.2 Å². The highest BCUT2D eigenvalue weighted by molar-refractivity contribution is 7.87. The molecule has 0 saturated heterocycles. The summed E-state index contributed by atoms with van der Waals surface area (Å²) in [5, 5.41) is 29.6. The molecule has 0 radical (unpaired) electrons. The zero-order valence-electron chi connectivity index (χ0n) is 17.3. The maximum atomic E-state index is 11.1. The first kappa shape index (κ1) is 22.5. The second-order valence-electron chi connectivity index (χ2n) is 7.55. The van der Waals surface area contributed by atoms with Crippen LogP contribution in [0.15, 0.2) is 36.9 Å². The number of benzene rings is 1. The van der Waals surface area contributed by atoms with Crippen molar-refractivity contribution in [1.82, 2.24) is 24.2 Å². The van der Waals surface area contributed by atoms with Gasteiger partial charge in [0.25, 0.3) is 10.2 Å². The Morgan fingerprint density at radius 1 is 1.28 bits per heavy atom. The number of hydrogen-bond acceptors (Lipinski definition) is 9. The van der Waals surface area contributed by atoms with Crippen molar-refractivity contribution < 1.29 is 23.4 Å². The van der Waals surface area contributed by atoms with E-state index in [0.29, 0.717) is 17.0 Å². The summed E-state index contributed by atoms with van der Waals surface area (Å²) in [6, 6.07) is 8.28. The molecule has 13 heteroatoms. The molecule has 12 nitrogen and oxygen atoms in total. The Morgan fingerprint density at radius 2 is 2.06 bits per heavy atom. The molecule has 3 aromatic rings. The largest absolute Gasteiger partial charge is 0.386 e. The lowest BCUT2D eigenvalue weighted by atomic mass is 10.1. The van der Waals surface area contributed by atoms with Gasteiger partial charge in [0, 0.05) is 13.7 Å². The summed E-state index contributed by atoms with van der Waals surface area (Å²) < 4.78 is 30.7. The van der Waals surface area contributed by atoms with Crippen molar-refractivity contribution in [2.75, 3.05) is 19.0 Å². The van der Waals surface area contributed by atoms with Gasteiger partial charge in [0.1, 0.15) is 18.5 Å². The zero-order chi connectivity index (χ0) is 22.9. The van der Waals surface area contributed by atoms with E-state index >= 15 is 0 Å². The number of methoxy groups -OCH3 is 1. The third-order valence-electron chi connectivity index (χ3n) is 5.56. The van der Waals surface area contributed by atoms with Crippen LogP contribution in [0.3, 0.4) is 0 Å². The summed E-state index contributed by atoms with van der Waals surface area (Å²) in [5.41, 5.74) is 3.23. The number of imidazole rings is 1. The van der Waals surface area contributed by atoms with Crippen LogP contribution in [0.5, 0.6) is 0 Å². The Labute approximate surface area is 184 Å². The highest BCUT2D eigenvalue weighted by Crippen LogP contribution is 2.34. The summed E-state index contributed by atoms with van der Waals surface area (Å²) in [7, 11) is -2.71. The zero-order valence-corrected chi connectivity index (χ0v) is 18.1. The minimum atomic E-state index is -3.99. The maximum Gasteiger partial charge on any atom is 0.274 e. The molecule has 0 saturated carbocycles. The SMILES string of the molecule is CO[C@H](CNS(N)(=O)=O)[C@@H](O)[C@@H](O)n1cnc2c(N[C@@H]3CCc4ccccc43)ncnc21. The predicted molar refractivity (Wildman–Crippen MR) is 116 cm³/mol. The van der Waals surface area contributed by atoms with Crippen molar-refractivity contribution in [1.29, 1.82) is 0 Å². The van der Waals surface area contributed by atoms with Crippen LogP contribution in [0.2, 0.25) is 0 Å². The van der Waals surface area contributed by atoms with Crippen LogP contribution >= 0.6 is 0 Å². The van der Waals surface area contributed by atoms with Gasteiger partial charge < -0.3 is 20.3 Å². The fourth-order valence-electron chi connectivity index (χ4n) is 3.92. The van der Waals surface area contributed by atoms with Gasteiger partial charge in [-0.25, -0.2) is 20.1 Å². The Morgan fingerprint density at radius 3 is 2.81 bits per heavy atom. The van der Waals surface area contributed by atoms with Gasteiger partial charge in [0.2, 0.25) is 0 Å². The Kier molecular flexibility index (Phi) is 6.37. The molecule has 0 spiro atoms. The lowest BCUT2D eigenvalue weighted by Gasteiger charge is -2.26. The van der Waals surface area contributed by atoms with Gasteiger partial charge in [-0.1, -0.05) is 24.3 Å². The lowest BCUT2D eigenvalue weighted by Crippen LogP contribution is -2.45. The van der Waals surface area contributed by atoms with E-state index in [4.69, 9.17) is 9.88 Å². The number of anilines is 1. The molecule has 1 aliphatic rings. The number of fused-ring (bicyclic) bond motifs is 2. The second kappa shape index (κ2) is 9.05. The number of nitrogens with zero attached hydrogens (tertiary/aromatic N) is 4. The van der Waals surface area contributed by atoms with Crippen LogP contribution in [0, 0.1) is 0 Å². The average Bonchev–Trinajstić information content (AvgIpc) is 3.38. The predicted octanol–water partition coefficient (Wildman–Crippen LogP) is -0.414. The van der Waals surface area contributed by atoms with E-state index in [1.54, 1.807) is 0 Å². The number of aryl methyl sites for hydroxylation is 1. The van der Waals surface area contributed by atoms with Gasteiger partial charge in [-0.2, -0.15) is 13.1 Å². The fourth-order valence-corrected chi connectivity index (χ4v) is 4.32. The third-order valence-corrected chi connectivity index (χ3v) is 6.13. The van der Waals surface area contributed by atoms with E-state index in [-0.39, 0.29) is 12.6 Å². The van der Waals surface area contributed by atoms with Gasteiger partial charge in [-0.15, -0.1) is 0 Å². The molecule has 0 amide bonds. The number of hydrogen-bond donors (Lipinski definition) is 5. The van der Waals surface area contributed by atoms with E-state index < -0.39 is 28.6 Å². The molecule has 1 aromatic carbocycles. The number of nitrogens with one attached hydrogen (secondary N) is 2. The van der Waals surface area contributed by atoms with Crippen LogP contribution in [-0.4, -0.2) is 64.0 Å². The number of aliphatic hydroxyl groups excluding tert-OH is 2. The van der Waals surface area contributed by atoms with E-state index in [9.17, 15) is 18.6 Å². The Hall–Kier alpha value is -2.68. The summed E-state index contributed by atoms with van der Waals surface area (Å²) in [4.78, 5) is 12.8. The third kappa shape index (κ3) is 4.57. The van der Waals surface area contributed by atoms with Crippen molar-refractivity contribution in [2.45, 2.75) is 37.3 Å². The Bertz CT molecular complexity index is 1200. The van der Waals surface area contributed by atoms with E-state index in [2.05, 4.69) is 32.4 Å². The maximum absolute atomic E-state index is 11.1. The van der Waals surface area contributed by atoms with Crippen LogP contribution in [-0.2, 0) is 21.4 Å². The molecular formula is C19H25N7O5S. The van der Waals surface area contributed by atoms with E-state index in [0.717, 1.165) is 12.8 Å². The average molecular weight is 464 g/mol. The number of nitrogens with two attached hydrogens (primary N) is 1. The number of aliphatic hydroxyl groups is 2. The smallest absolute Gasteiger partial charge is 0.274 e. The minimum Gasteiger partial charge on any atom is -0.386 e. The summed E-state index contributed by atoms with van der Waals surface area (Å²) in [6.07, 6.45) is 0.475. The molecule has 0 fully saturated rings. The summed E-state index contributed by atoms with van der Waals surface area (Å²) in [6.45, 7) is -0.330. The fraction of sp³-hybridized carbons (Fsp3) is 0.421. The first-order valence-corrected chi connectivity index (χ1v) is 11.5. The first-order chi connectivity index (χ1) is 15.3. The quantitative estimate of drug-likeness (QED) is 0.282. The molecule has 32 heavy (non-hydrogen) atoms. The van der Waals surface area contributed by atoms with Gasteiger partial charge in [-0.05, 0) is 24.0 Å². The summed E-state index contributed by atoms with van der Waals surface area (Å²) >= 11 is 0. The molecule has 4 rings (SSSR count). The molecule has 0 aliphatic heterocycles. The molecule has 0 bridgehead atoms. The van der Waals surface area contributed by atoms with Crippen molar-refractivity contribution in [2.24, 2.45) is 5.14 Å². The van der Waals surface area contributed by atoms with Crippen LogP contribution in [0.25, 0.3) is 11.2 Å². The molecule has 1 aliphatic carbocycles. The number of aromatic nitrogens is 4. The van der Waals surface area contributed by atoms with Gasteiger partial charge in [0.05, 0.1) is 12.4 Å². The monoisotopic (exact) mass is 463 g/mol. The minimum absolute atomic E-state index is 0.0760. The molecule has 2 heterocycles. The number of ether oxygens (including phenoxy) is 1. The normalized spacial score (nSPS) is 18.9. The molecular weight excluding hydrogens is 438 g/mol. The van der Waals surface area contributed by atoms with Gasteiger partial charge in [0.15, 0.2) is 23.2 Å². The van der Waals surface area contributed by atoms with E-state index in [1.165, 1.54) is 35.5 Å². The second-order valence-corrected chi connectivity index (χ2v) is 8.93. The van der Waals surface area contributed by atoms with Crippen LogP contribution < -0.4 is 15.2 Å². The molecule has 2 aromatic heterocycles. The molecule has 172 valence electrons.